The molecule has 0 bridgehead atoms. The Bertz CT molecular complexity index is 1080. The molecule has 1 aromatic carbocycles. The lowest BCUT2D eigenvalue weighted by Gasteiger charge is -2.05. The van der Waals surface area contributed by atoms with Crippen molar-refractivity contribution in [2.75, 3.05) is 0 Å². The molecule has 3 aromatic heterocycles. The Balaban J connectivity index is 1.45. The second-order valence-corrected chi connectivity index (χ2v) is 7.07. The van der Waals surface area contributed by atoms with E-state index in [2.05, 4.69) is 15.2 Å². The van der Waals surface area contributed by atoms with Crippen molar-refractivity contribution in [3.63, 3.8) is 0 Å². The molecule has 0 atom stereocenters. The molecule has 0 spiro atoms. The van der Waals surface area contributed by atoms with E-state index in [-0.39, 0.29) is 12.5 Å². The van der Waals surface area contributed by atoms with Crippen LogP contribution in [0.25, 0.3) is 11.4 Å². The maximum atomic E-state index is 12.6. The summed E-state index contributed by atoms with van der Waals surface area (Å²) < 4.78 is 12.4. The number of carbonyl (C=O) groups excluding carboxylic acids is 1. The lowest BCUT2D eigenvalue weighted by Crippen LogP contribution is -2.09. The fraction of sp³-hybridized carbons (Fsp3) is 0.200. The van der Waals surface area contributed by atoms with E-state index in [1.807, 2.05) is 58.8 Å². The number of hydrogen-bond donors (Lipinski definition) is 0. The molecule has 0 N–H and O–H groups in total. The molecule has 0 unspecified atom stereocenters. The molecule has 142 valence electrons. The number of thiophene rings is 1. The lowest BCUT2D eigenvalue weighted by atomic mass is 10.2. The van der Waals surface area contributed by atoms with Crippen LogP contribution in [0, 0.1) is 13.8 Å². The van der Waals surface area contributed by atoms with E-state index in [1.165, 1.54) is 0 Å². The van der Waals surface area contributed by atoms with E-state index in [0.29, 0.717) is 23.6 Å². The molecular weight excluding hydrogens is 376 g/mol. The van der Waals surface area contributed by atoms with E-state index in [1.54, 1.807) is 18.3 Å². The van der Waals surface area contributed by atoms with Gasteiger partial charge in [0.15, 0.2) is 6.61 Å². The van der Waals surface area contributed by atoms with Crippen LogP contribution in [0.4, 0.5) is 0 Å². The van der Waals surface area contributed by atoms with Crippen molar-refractivity contribution in [3.8, 4) is 11.4 Å². The summed E-state index contributed by atoms with van der Waals surface area (Å²) in [6.07, 6.45) is 0. The van der Waals surface area contributed by atoms with Crippen LogP contribution in [0.5, 0.6) is 0 Å². The number of benzene rings is 1. The highest BCUT2D eigenvalue weighted by atomic mass is 32.1. The maximum Gasteiger partial charge on any atom is 0.342 e. The largest absolute Gasteiger partial charge is 0.452 e. The zero-order chi connectivity index (χ0) is 19.5. The Hall–Kier alpha value is -3.26. The molecule has 4 aromatic rings. The molecule has 0 saturated heterocycles. The smallest absolute Gasteiger partial charge is 0.342 e. The van der Waals surface area contributed by atoms with Gasteiger partial charge in [-0.05, 0) is 30.9 Å². The molecule has 28 heavy (non-hydrogen) atoms. The van der Waals surface area contributed by atoms with Crippen LogP contribution in [0.2, 0.25) is 0 Å². The molecule has 8 heteroatoms. The summed E-state index contributed by atoms with van der Waals surface area (Å²) >= 11 is 1.55. The highest BCUT2D eigenvalue weighted by molar-refractivity contribution is 7.08. The molecule has 4 rings (SSSR count). The standard InChI is InChI=1S/C20H18N4O3S/c1-13-18(14(2)24(22-13)10-15-6-4-3-5-7-15)20(25)26-11-17-21-19(23-27-17)16-8-9-28-12-16/h3-9,12H,10-11H2,1-2H3. The molecule has 0 aliphatic carbocycles. The van der Waals surface area contributed by atoms with Crippen LogP contribution >= 0.6 is 11.3 Å². The second-order valence-electron chi connectivity index (χ2n) is 6.29. The normalized spacial score (nSPS) is 10.9. The topological polar surface area (TPSA) is 83.0 Å². The van der Waals surface area contributed by atoms with Gasteiger partial charge in [-0.15, -0.1) is 0 Å². The first-order valence-corrected chi connectivity index (χ1v) is 9.66. The van der Waals surface area contributed by atoms with Crippen molar-refractivity contribution in [2.45, 2.75) is 27.0 Å². The second kappa shape index (κ2) is 7.77. The van der Waals surface area contributed by atoms with E-state index in [0.717, 1.165) is 16.8 Å². The van der Waals surface area contributed by atoms with Gasteiger partial charge in [0.25, 0.3) is 5.89 Å². The fourth-order valence-corrected chi connectivity index (χ4v) is 3.56. The average molecular weight is 394 g/mol. The van der Waals surface area contributed by atoms with Crippen LogP contribution in [0.3, 0.4) is 0 Å². The van der Waals surface area contributed by atoms with Gasteiger partial charge in [0.1, 0.15) is 5.56 Å². The minimum Gasteiger partial charge on any atom is -0.452 e. The summed E-state index contributed by atoms with van der Waals surface area (Å²) in [5.41, 5.74) is 3.84. The molecule has 7 nitrogen and oxygen atoms in total. The van der Waals surface area contributed by atoms with Gasteiger partial charge in [0.05, 0.1) is 17.9 Å². The number of aryl methyl sites for hydroxylation is 1. The summed E-state index contributed by atoms with van der Waals surface area (Å²) in [5, 5.41) is 12.3. The van der Waals surface area contributed by atoms with Gasteiger partial charge in [-0.25, -0.2) is 4.79 Å². The third-order valence-electron chi connectivity index (χ3n) is 4.33. The minimum atomic E-state index is -0.454. The van der Waals surface area contributed by atoms with Crippen molar-refractivity contribution in [3.05, 3.63) is 75.6 Å². The van der Waals surface area contributed by atoms with Crippen molar-refractivity contribution in [2.24, 2.45) is 0 Å². The molecule has 0 aliphatic heterocycles. The summed E-state index contributed by atoms with van der Waals surface area (Å²) in [7, 11) is 0. The van der Waals surface area contributed by atoms with Gasteiger partial charge < -0.3 is 9.26 Å². The molecule has 0 radical (unpaired) electrons. The predicted octanol–water partition coefficient (Wildman–Crippen LogP) is 4.02. The Morgan fingerprint density at radius 2 is 2.04 bits per heavy atom. The first-order valence-electron chi connectivity index (χ1n) is 8.72. The van der Waals surface area contributed by atoms with Gasteiger partial charge in [0.2, 0.25) is 5.82 Å². The SMILES string of the molecule is Cc1nn(Cc2ccccc2)c(C)c1C(=O)OCc1nc(-c2ccsc2)no1. The molecule has 0 amide bonds. The number of ether oxygens (including phenoxy) is 1. The van der Waals surface area contributed by atoms with Gasteiger partial charge >= 0.3 is 5.97 Å². The lowest BCUT2D eigenvalue weighted by molar-refractivity contribution is 0.0428. The van der Waals surface area contributed by atoms with Crippen LogP contribution in [-0.2, 0) is 17.9 Å². The zero-order valence-corrected chi connectivity index (χ0v) is 16.3. The van der Waals surface area contributed by atoms with Crippen LogP contribution in [0.15, 0.2) is 51.7 Å². The van der Waals surface area contributed by atoms with Crippen molar-refractivity contribution in [1.29, 1.82) is 0 Å². The van der Waals surface area contributed by atoms with Gasteiger partial charge in [0, 0.05) is 10.9 Å². The molecular formula is C20H18N4O3S. The Morgan fingerprint density at radius 1 is 1.21 bits per heavy atom. The number of hydrogen-bond acceptors (Lipinski definition) is 7. The average Bonchev–Trinajstić information content (AvgIpc) is 3.42. The third-order valence-corrected chi connectivity index (χ3v) is 5.02. The summed E-state index contributed by atoms with van der Waals surface area (Å²) in [6.45, 7) is 4.17. The highest BCUT2D eigenvalue weighted by Gasteiger charge is 2.21. The van der Waals surface area contributed by atoms with E-state index < -0.39 is 5.97 Å². The molecule has 0 aliphatic rings. The zero-order valence-electron chi connectivity index (χ0n) is 15.5. The van der Waals surface area contributed by atoms with Crippen molar-refractivity contribution >= 4 is 17.3 Å². The number of rotatable bonds is 6. The first-order chi connectivity index (χ1) is 13.6. The van der Waals surface area contributed by atoms with E-state index >= 15 is 0 Å². The molecule has 0 fully saturated rings. The Morgan fingerprint density at radius 3 is 2.79 bits per heavy atom. The van der Waals surface area contributed by atoms with Crippen LogP contribution in [0.1, 0.15) is 33.2 Å². The Labute approximate surface area is 165 Å². The monoisotopic (exact) mass is 394 g/mol. The van der Waals surface area contributed by atoms with E-state index in [4.69, 9.17) is 9.26 Å². The minimum absolute atomic E-state index is 0.0846. The molecule has 3 heterocycles. The summed E-state index contributed by atoms with van der Waals surface area (Å²) in [5.74, 6) is 0.279. The quantitative estimate of drug-likeness (QED) is 0.460. The molecule has 0 saturated carbocycles. The maximum absolute atomic E-state index is 12.6. The highest BCUT2D eigenvalue weighted by Crippen LogP contribution is 2.20. The number of esters is 1. The van der Waals surface area contributed by atoms with Crippen LogP contribution in [-0.4, -0.2) is 25.9 Å². The third kappa shape index (κ3) is 3.72. The van der Waals surface area contributed by atoms with E-state index in [9.17, 15) is 4.79 Å². The van der Waals surface area contributed by atoms with Gasteiger partial charge in [-0.2, -0.15) is 21.4 Å². The number of nitrogens with zero attached hydrogens (tertiary/aromatic N) is 4. The van der Waals surface area contributed by atoms with Crippen molar-refractivity contribution < 1.29 is 14.1 Å². The summed E-state index contributed by atoms with van der Waals surface area (Å²) in [6, 6.07) is 11.9. The Kier molecular flexibility index (Phi) is 5.03. The number of aromatic nitrogens is 4. The number of carbonyl (C=O) groups is 1. The summed E-state index contributed by atoms with van der Waals surface area (Å²) in [4.78, 5) is 16.9. The van der Waals surface area contributed by atoms with Gasteiger partial charge in [-0.3, -0.25) is 4.68 Å². The van der Waals surface area contributed by atoms with Crippen molar-refractivity contribution in [1.82, 2.24) is 19.9 Å². The first kappa shape index (κ1) is 18.1. The van der Waals surface area contributed by atoms with Crippen LogP contribution < -0.4 is 0 Å². The fourth-order valence-electron chi connectivity index (χ4n) is 2.92. The van der Waals surface area contributed by atoms with Gasteiger partial charge in [-0.1, -0.05) is 35.5 Å². The predicted molar refractivity (Wildman–Crippen MR) is 104 cm³/mol.